The number of nitrogens with two attached hydrogens (primary N) is 1. The zero-order valence-electron chi connectivity index (χ0n) is 8.72. The van der Waals surface area contributed by atoms with E-state index in [2.05, 4.69) is 15.3 Å². The summed E-state index contributed by atoms with van der Waals surface area (Å²) in [6.45, 7) is 0. The van der Waals surface area contributed by atoms with Gasteiger partial charge < -0.3 is 11.1 Å². The van der Waals surface area contributed by atoms with Gasteiger partial charge in [0.25, 0.3) is 5.91 Å². The van der Waals surface area contributed by atoms with Gasteiger partial charge in [0.05, 0.1) is 18.1 Å². The molecule has 0 aliphatic heterocycles. The lowest BCUT2D eigenvalue weighted by atomic mass is 10.3. The third-order valence-electron chi connectivity index (χ3n) is 1.99. The maximum atomic E-state index is 12.6. The van der Waals surface area contributed by atoms with Gasteiger partial charge in [-0.05, 0) is 24.3 Å². The molecule has 0 aliphatic rings. The molecule has 0 aliphatic carbocycles. The summed E-state index contributed by atoms with van der Waals surface area (Å²) in [5, 5.41) is 2.48. The molecule has 0 spiro atoms. The first-order valence-corrected chi connectivity index (χ1v) is 4.79. The van der Waals surface area contributed by atoms with Gasteiger partial charge in [-0.2, -0.15) is 0 Å². The zero-order valence-corrected chi connectivity index (χ0v) is 8.72. The van der Waals surface area contributed by atoms with E-state index in [0.29, 0.717) is 5.69 Å². The smallest absolute Gasteiger partial charge is 0.275 e. The quantitative estimate of drug-likeness (QED) is 0.821. The predicted octanol–water partition coefficient (Wildman–Crippen LogP) is 1.45. The summed E-state index contributed by atoms with van der Waals surface area (Å²) in [7, 11) is 0. The van der Waals surface area contributed by atoms with Gasteiger partial charge in [-0.3, -0.25) is 4.79 Å². The molecule has 86 valence electrons. The van der Waals surface area contributed by atoms with E-state index < -0.39 is 11.7 Å². The molecule has 2 aromatic rings. The number of amides is 1. The first-order valence-electron chi connectivity index (χ1n) is 4.79. The highest BCUT2D eigenvalue weighted by Gasteiger charge is 2.07. The van der Waals surface area contributed by atoms with E-state index in [9.17, 15) is 9.18 Å². The lowest BCUT2D eigenvalue weighted by Crippen LogP contribution is -2.14. The van der Waals surface area contributed by atoms with Gasteiger partial charge in [0.15, 0.2) is 0 Å². The van der Waals surface area contributed by atoms with E-state index >= 15 is 0 Å². The molecule has 2 heterocycles. The third-order valence-corrected chi connectivity index (χ3v) is 1.99. The molecule has 0 unspecified atom stereocenters. The second-order valence-corrected chi connectivity index (χ2v) is 3.29. The van der Waals surface area contributed by atoms with Crippen LogP contribution >= 0.6 is 0 Å². The number of hydrogen-bond donors (Lipinski definition) is 2. The highest BCUT2D eigenvalue weighted by Crippen LogP contribution is 2.07. The molecule has 17 heavy (non-hydrogen) atoms. The van der Waals surface area contributed by atoms with Crippen LogP contribution in [0.3, 0.4) is 0 Å². The first-order chi connectivity index (χ1) is 8.15. The molecular formula is C11H9FN4O. The van der Waals surface area contributed by atoms with Gasteiger partial charge in [0.2, 0.25) is 0 Å². The monoisotopic (exact) mass is 232 g/mol. The van der Waals surface area contributed by atoms with Crippen molar-refractivity contribution in [2.45, 2.75) is 0 Å². The van der Waals surface area contributed by atoms with Gasteiger partial charge in [0.1, 0.15) is 17.3 Å². The van der Waals surface area contributed by atoms with Crippen molar-refractivity contribution in [3.05, 3.63) is 48.2 Å². The Morgan fingerprint density at radius 3 is 2.59 bits per heavy atom. The van der Waals surface area contributed by atoms with Crippen molar-refractivity contribution in [2.75, 3.05) is 11.1 Å². The fraction of sp³-hybridized carbons (Fsp3) is 0. The number of aromatic nitrogens is 2. The molecular weight excluding hydrogens is 223 g/mol. The fourth-order valence-electron chi connectivity index (χ4n) is 1.17. The molecule has 0 radical (unpaired) electrons. The lowest BCUT2D eigenvalue weighted by Gasteiger charge is -2.03. The van der Waals surface area contributed by atoms with Crippen molar-refractivity contribution >= 4 is 17.4 Å². The molecule has 6 heteroatoms. The minimum atomic E-state index is -0.464. The van der Waals surface area contributed by atoms with Crippen molar-refractivity contribution in [2.24, 2.45) is 0 Å². The molecule has 0 saturated heterocycles. The van der Waals surface area contributed by atoms with E-state index in [4.69, 9.17) is 5.73 Å². The topological polar surface area (TPSA) is 80.9 Å². The van der Waals surface area contributed by atoms with Crippen molar-refractivity contribution < 1.29 is 9.18 Å². The molecule has 0 aromatic carbocycles. The van der Waals surface area contributed by atoms with Gasteiger partial charge in [0, 0.05) is 0 Å². The van der Waals surface area contributed by atoms with Crippen LogP contribution in [0.1, 0.15) is 10.5 Å². The summed E-state index contributed by atoms with van der Waals surface area (Å²) in [5.74, 6) is -0.632. The summed E-state index contributed by atoms with van der Waals surface area (Å²) in [6.07, 6.45) is 2.40. The molecule has 3 N–H and O–H groups in total. The normalized spacial score (nSPS) is 9.94. The first kappa shape index (κ1) is 11.0. The standard InChI is InChI=1S/C11H9FN4O/c12-7-1-4-10(15-5-7)16-11(17)9-3-2-8(13)6-14-9/h1-6H,13H2,(H,15,16,17). The summed E-state index contributed by atoms with van der Waals surface area (Å²) < 4.78 is 12.6. The molecule has 0 atom stereocenters. The number of pyridine rings is 2. The Kier molecular flexibility index (Phi) is 2.95. The van der Waals surface area contributed by atoms with Crippen LogP contribution in [0.4, 0.5) is 15.9 Å². The summed E-state index contributed by atoms with van der Waals surface area (Å²) >= 11 is 0. The minimum absolute atomic E-state index is 0.213. The number of carbonyl (C=O) groups is 1. The number of rotatable bonds is 2. The Hall–Kier alpha value is -2.50. The summed E-state index contributed by atoms with van der Waals surface area (Å²) in [5.41, 5.74) is 6.13. The fourth-order valence-corrected chi connectivity index (χ4v) is 1.17. The largest absolute Gasteiger partial charge is 0.397 e. The summed E-state index contributed by atoms with van der Waals surface area (Å²) in [4.78, 5) is 19.2. The third kappa shape index (κ3) is 2.75. The predicted molar refractivity (Wildman–Crippen MR) is 60.8 cm³/mol. The highest BCUT2D eigenvalue weighted by atomic mass is 19.1. The van der Waals surface area contributed by atoms with Gasteiger partial charge >= 0.3 is 0 Å². The van der Waals surface area contributed by atoms with E-state index in [-0.39, 0.29) is 11.5 Å². The lowest BCUT2D eigenvalue weighted by molar-refractivity contribution is 0.102. The van der Waals surface area contributed by atoms with E-state index in [1.165, 1.54) is 24.4 Å². The second kappa shape index (κ2) is 4.56. The zero-order chi connectivity index (χ0) is 12.3. The molecule has 0 saturated carbocycles. The van der Waals surface area contributed by atoms with E-state index in [0.717, 1.165) is 6.20 Å². The number of nitrogen functional groups attached to an aromatic ring is 1. The van der Waals surface area contributed by atoms with Crippen molar-refractivity contribution in [1.29, 1.82) is 0 Å². The Balaban J connectivity index is 2.11. The Bertz CT molecular complexity index is 524. The maximum Gasteiger partial charge on any atom is 0.275 e. The van der Waals surface area contributed by atoms with E-state index in [1.54, 1.807) is 6.07 Å². The number of hydrogen-bond acceptors (Lipinski definition) is 4. The number of anilines is 2. The van der Waals surface area contributed by atoms with Crippen LogP contribution in [0.25, 0.3) is 0 Å². The molecule has 0 bridgehead atoms. The van der Waals surface area contributed by atoms with Crippen LogP contribution in [0.5, 0.6) is 0 Å². The average molecular weight is 232 g/mol. The van der Waals surface area contributed by atoms with Crippen LogP contribution < -0.4 is 11.1 Å². The molecule has 0 fully saturated rings. The second-order valence-electron chi connectivity index (χ2n) is 3.29. The number of nitrogens with one attached hydrogen (secondary N) is 1. The van der Waals surface area contributed by atoms with Crippen LogP contribution in [-0.4, -0.2) is 15.9 Å². The molecule has 1 amide bonds. The minimum Gasteiger partial charge on any atom is -0.397 e. The number of halogens is 1. The Labute approximate surface area is 96.5 Å². The number of carbonyl (C=O) groups excluding carboxylic acids is 1. The van der Waals surface area contributed by atoms with Crippen molar-refractivity contribution in [3.8, 4) is 0 Å². The van der Waals surface area contributed by atoms with Crippen LogP contribution in [-0.2, 0) is 0 Å². The number of nitrogens with zero attached hydrogens (tertiary/aromatic N) is 2. The van der Waals surface area contributed by atoms with Gasteiger partial charge in [-0.1, -0.05) is 0 Å². The van der Waals surface area contributed by atoms with Crippen molar-refractivity contribution in [1.82, 2.24) is 9.97 Å². The highest BCUT2D eigenvalue weighted by molar-refractivity contribution is 6.02. The summed E-state index contributed by atoms with van der Waals surface area (Å²) in [6, 6.07) is 5.64. The molecule has 5 nitrogen and oxygen atoms in total. The van der Waals surface area contributed by atoms with Crippen LogP contribution in [0.15, 0.2) is 36.7 Å². The van der Waals surface area contributed by atoms with Gasteiger partial charge in [-0.25, -0.2) is 14.4 Å². The molecule has 2 rings (SSSR count). The maximum absolute atomic E-state index is 12.6. The van der Waals surface area contributed by atoms with Crippen molar-refractivity contribution in [3.63, 3.8) is 0 Å². The van der Waals surface area contributed by atoms with Crippen LogP contribution in [0, 0.1) is 5.82 Å². The SMILES string of the molecule is Nc1ccc(C(=O)Nc2ccc(F)cn2)nc1. The van der Waals surface area contributed by atoms with Gasteiger partial charge in [-0.15, -0.1) is 0 Å². The van der Waals surface area contributed by atoms with Crippen LogP contribution in [0.2, 0.25) is 0 Å². The Morgan fingerprint density at radius 2 is 2.00 bits per heavy atom. The van der Waals surface area contributed by atoms with E-state index in [1.807, 2.05) is 0 Å². The molecule has 2 aromatic heterocycles. The average Bonchev–Trinajstić information content (AvgIpc) is 2.33. The Morgan fingerprint density at radius 1 is 1.18 bits per heavy atom.